The number of ether oxygens (including phenoxy) is 2. The van der Waals surface area contributed by atoms with Gasteiger partial charge in [0.1, 0.15) is 0 Å². The Kier molecular flexibility index (Phi) is 10.5. The van der Waals surface area contributed by atoms with Crippen LogP contribution in [0, 0.1) is 0 Å². The Morgan fingerprint density at radius 1 is 1.27 bits per heavy atom. The third kappa shape index (κ3) is 10.3. The van der Waals surface area contributed by atoms with E-state index < -0.39 is 0 Å². The van der Waals surface area contributed by atoms with Gasteiger partial charge in [-0.25, -0.2) is 0 Å². The van der Waals surface area contributed by atoms with Crippen LogP contribution in [0.2, 0.25) is 5.09 Å². The van der Waals surface area contributed by atoms with E-state index in [1.807, 2.05) is 0 Å². The molecule has 11 heavy (non-hydrogen) atoms. The second-order valence-electron chi connectivity index (χ2n) is 2.36. The topological polar surface area (TPSA) is 18.5 Å². The summed E-state index contributed by atoms with van der Waals surface area (Å²) in [6.45, 7) is 1.16. The minimum atomic E-state index is 0.404. The molecule has 0 aromatic carbocycles. The molecule has 0 saturated carbocycles. The molecule has 0 amide bonds. The molecule has 0 aliphatic carbocycles. The standard InChI is InChI=1S/C8H15O2.Li/c1-3-4-5-6-7-10-8-9-2;/h4-5H,1,3,6-8H2,2H3;/b5-4+;. The van der Waals surface area contributed by atoms with Crippen LogP contribution in [0.5, 0.6) is 0 Å². The van der Waals surface area contributed by atoms with E-state index in [1.165, 1.54) is 11.5 Å². The van der Waals surface area contributed by atoms with E-state index in [0.717, 1.165) is 13.0 Å². The van der Waals surface area contributed by atoms with Crippen LogP contribution in [0.1, 0.15) is 12.8 Å². The summed E-state index contributed by atoms with van der Waals surface area (Å²) in [7, 11) is 1.63. The number of rotatable bonds is 7. The molecule has 0 aliphatic rings. The third-order valence-corrected chi connectivity index (χ3v) is 1.25. The second-order valence-corrected chi connectivity index (χ2v) is 2.36. The summed E-state index contributed by atoms with van der Waals surface area (Å²) in [5.74, 6) is 0. The van der Waals surface area contributed by atoms with Gasteiger partial charge in [0, 0.05) is 0 Å². The van der Waals surface area contributed by atoms with Crippen molar-refractivity contribution in [2.75, 3.05) is 20.5 Å². The van der Waals surface area contributed by atoms with Gasteiger partial charge in [-0.1, -0.05) is 0 Å². The maximum absolute atomic E-state index is 5.09. The van der Waals surface area contributed by atoms with Gasteiger partial charge in [-0.05, 0) is 0 Å². The van der Waals surface area contributed by atoms with Gasteiger partial charge in [0.2, 0.25) is 0 Å². The van der Waals surface area contributed by atoms with Crippen molar-refractivity contribution in [3.05, 3.63) is 12.2 Å². The second kappa shape index (κ2) is 10.3. The summed E-state index contributed by atoms with van der Waals surface area (Å²) in [5, 5.41) is 1.22. The van der Waals surface area contributed by atoms with Gasteiger partial charge in [-0.3, -0.25) is 0 Å². The fourth-order valence-corrected chi connectivity index (χ4v) is 0.696. The zero-order valence-electron chi connectivity index (χ0n) is 7.51. The number of allylic oxidation sites excluding steroid dienone is 1. The van der Waals surface area contributed by atoms with Crippen molar-refractivity contribution in [2.24, 2.45) is 0 Å². The molecule has 0 N–H and O–H groups in total. The molecule has 0 heterocycles. The average Bonchev–Trinajstić information content (AvgIpc) is 2.03. The van der Waals surface area contributed by atoms with Crippen LogP contribution in [-0.4, -0.2) is 38.2 Å². The van der Waals surface area contributed by atoms with Crippen LogP contribution < -0.4 is 0 Å². The van der Waals surface area contributed by atoms with Crippen molar-refractivity contribution in [3.8, 4) is 0 Å². The van der Waals surface area contributed by atoms with Gasteiger partial charge >= 0.3 is 77.8 Å². The third-order valence-electron chi connectivity index (χ3n) is 1.25. The molecule has 0 fully saturated rings. The van der Waals surface area contributed by atoms with Crippen molar-refractivity contribution in [1.29, 1.82) is 0 Å². The Bertz CT molecular complexity index is 94.1. The first-order valence-corrected chi connectivity index (χ1v) is 4.13. The summed E-state index contributed by atoms with van der Waals surface area (Å²) in [6.07, 6.45) is 6.50. The van der Waals surface area contributed by atoms with Crippen molar-refractivity contribution in [2.45, 2.75) is 17.9 Å². The van der Waals surface area contributed by atoms with Crippen LogP contribution in [0.4, 0.5) is 0 Å². The molecule has 0 bridgehead atoms. The van der Waals surface area contributed by atoms with Crippen molar-refractivity contribution >= 4 is 17.7 Å². The Morgan fingerprint density at radius 3 is 2.64 bits per heavy atom. The van der Waals surface area contributed by atoms with E-state index >= 15 is 0 Å². The molecule has 3 heteroatoms. The van der Waals surface area contributed by atoms with E-state index in [0.29, 0.717) is 6.79 Å². The molecule has 0 saturated heterocycles. The predicted molar refractivity (Wildman–Crippen MR) is 46.8 cm³/mol. The minimum absolute atomic E-state index is 0.404. The van der Waals surface area contributed by atoms with E-state index in [2.05, 4.69) is 29.9 Å². The van der Waals surface area contributed by atoms with Crippen molar-refractivity contribution in [3.63, 3.8) is 0 Å². The van der Waals surface area contributed by atoms with Crippen molar-refractivity contribution in [1.82, 2.24) is 0 Å². The zero-order valence-corrected chi connectivity index (χ0v) is 7.51. The summed E-state index contributed by atoms with van der Waals surface area (Å²) in [4.78, 5) is 0. The molecule has 0 atom stereocenters. The monoisotopic (exact) mass is 150 g/mol. The van der Waals surface area contributed by atoms with E-state index in [1.54, 1.807) is 7.11 Å². The summed E-state index contributed by atoms with van der Waals surface area (Å²) in [6, 6.07) is 0. The van der Waals surface area contributed by atoms with Crippen LogP contribution >= 0.6 is 0 Å². The first kappa shape index (κ1) is 11.3. The van der Waals surface area contributed by atoms with Crippen LogP contribution in [0.3, 0.4) is 0 Å². The Morgan fingerprint density at radius 2 is 2.00 bits per heavy atom. The Hall–Kier alpha value is 0.257. The fraction of sp³-hybridized carbons (Fsp3) is 0.750. The van der Waals surface area contributed by atoms with Gasteiger partial charge in [0.25, 0.3) is 0 Å². The molecule has 0 rings (SSSR count). The Labute approximate surface area is 78.2 Å². The van der Waals surface area contributed by atoms with E-state index in [4.69, 9.17) is 9.47 Å². The van der Waals surface area contributed by atoms with Gasteiger partial charge < -0.3 is 0 Å². The quantitative estimate of drug-likeness (QED) is 0.237. The molecule has 0 spiro atoms. The molecule has 0 aromatic rings. The number of hydrogen-bond acceptors (Lipinski definition) is 2. The van der Waals surface area contributed by atoms with Crippen LogP contribution in [0.15, 0.2) is 12.2 Å². The van der Waals surface area contributed by atoms with Crippen LogP contribution in [0.25, 0.3) is 0 Å². The summed E-state index contributed by atoms with van der Waals surface area (Å²) >= 11 is 2.17. The SMILES string of the molecule is [Li][CH2]C/C=C/CCOCOC. The maximum atomic E-state index is 5.09. The number of hydrogen-bond donors (Lipinski definition) is 0. The van der Waals surface area contributed by atoms with E-state index in [9.17, 15) is 0 Å². The molecule has 0 aliphatic heterocycles. The average molecular weight is 150 g/mol. The first-order valence-electron chi connectivity index (χ1n) is 4.13. The van der Waals surface area contributed by atoms with Gasteiger partial charge in [-0.2, -0.15) is 0 Å². The fourth-order valence-electron chi connectivity index (χ4n) is 0.696. The van der Waals surface area contributed by atoms with Gasteiger partial charge in [0.15, 0.2) is 0 Å². The normalized spacial score (nSPS) is 11.2. The molecule has 0 unspecified atom stereocenters. The first-order chi connectivity index (χ1) is 5.41. The Balaban J connectivity index is 2.89. The number of methoxy groups -OCH3 is 1. The van der Waals surface area contributed by atoms with E-state index in [-0.39, 0.29) is 0 Å². The molecule has 60 valence electrons. The van der Waals surface area contributed by atoms with Crippen molar-refractivity contribution < 1.29 is 9.47 Å². The summed E-state index contributed by atoms with van der Waals surface area (Å²) in [5.41, 5.74) is 0. The molecular formula is C8H15LiO2. The predicted octanol–water partition coefficient (Wildman–Crippen LogP) is 1.53. The molecule has 2 nitrogen and oxygen atoms in total. The van der Waals surface area contributed by atoms with Gasteiger partial charge in [-0.15, -0.1) is 0 Å². The molecule has 0 radical (unpaired) electrons. The van der Waals surface area contributed by atoms with Gasteiger partial charge in [0.05, 0.1) is 0 Å². The molecule has 0 aromatic heterocycles. The summed E-state index contributed by atoms with van der Waals surface area (Å²) < 4.78 is 9.81. The molecular weight excluding hydrogens is 135 g/mol. The zero-order chi connectivity index (χ0) is 8.36. The van der Waals surface area contributed by atoms with Crippen LogP contribution in [-0.2, 0) is 9.47 Å².